The molecule has 1 unspecified atom stereocenters. The Morgan fingerprint density at radius 3 is 2.38 bits per heavy atom. The average Bonchev–Trinajstić information content (AvgIpc) is 2.64. The smallest absolute Gasteiger partial charge is 0.422 e. The molecule has 1 N–H and O–H groups in total. The Balaban J connectivity index is 2.08. The number of alkyl halides is 3. The van der Waals surface area contributed by atoms with Crippen molar-refractivity contribution in [1.29, 1.82) is 0 Å². The van der Waals surface area contributed by atoms with Gasteiger partial charge in [0.1, 0.15) is 5.75 Å². The Morgan fingerprint density at radius 1 is 1.17 bits per heavy atom. The standard InChI is InChI=1S/C21H25F3N2O3/c1-13(14-6-9-18(25-11-14)29-12-21(22,23)24)26-19(27)16-8-7-15(20(2,3)4)10-17(16)28-5/h6-11,13H,12H2,1-5H3,(H,26,27). The van der Waals surface area contributed by atoms with Gasteiger partial charge < -0.3 is 14.8 Å². The van der Waals surface area contributed by atoms with E-state index in [4.69, 9.17) is 4.74 Å². The van der Waals surface area contributed by atoms with E-state index >= 15 is 0 Å². The normalized spacial score (nSPS) is 13.0. The van der Waals surface area contributed by atoms with Crippen LogP contribution < -0.4 is 14.8 Å². The van der Waals surface area contributed by atoms with Gasteiger partial charge in [0.2, 0.25) is 5.88 Å². The third kappa shape index (κ3) is 6.37. The second-order valence-electron chi connectivity index (χ2n) is 7.69. The number of carbonyl (C=O) groups excluding carboxylic acids is 1. The number of nitrogens with one attached hydrogen (secondary N) is 1. The minimum absolute atomic E-state index is 0.0861. The SMILES string of the molecule is COc1cc(C(C)(C)C)ccc1C(=O)NC(C)c1ccc(OCC(F)(F)F)nc1. The van der Waals surface area contributed by atoms with Gasteiger partial charge in [-0.15, -0.1) is 0 Å². The van der Waals surface area contributed by atoms with Gasteiger partial charge in [0, 0.05) is 12.3 Å². The van der Waals surface area contributed by atoms with Crippen molar-refractivity contribution >= 4 is 5.91 Å². The van der Waals surface area contributed by atoms with Crippen LogP contribution in [0.15, 0.2) is 36.5 Å². The Kier molecular flexibility index (Phi) is 6.77. The zero-order valence-corrected chi connectivity index (χ0v) is 17.1. The van der Waals surface area contributed by atoms with Gasteiger partial charge in [-0.05, 0) is 35.6 Å². The molecule has 0 aliphatic carbocycles. The van der Waals surface area contributed by atoms with Gasteiger partial charge in [0.25, 0.3) is 5.91 Å². The van der Waals surface area contributed by atoms with Crippen LogP contribution in [0.3, 0.4) is 0 Å². The van der Waals surface area contributed by atoms with Gasteiger partial charge >= 0.3 is 6.18 Å². The van der Waals surface area contributed by atoms with Crippen LogP contribution >= 0.6 is 0 Å². The Hall–Kier alpha value is -2.77. The first-order valence-electron chi connectivity index (χ1n) is 9.05. The molecule has 0 fully saturated rings. The molecule has 5 nitrogen and oxygen atoms in total. The first-order valence-corrected chi connectivity index (χ1v) is 9.05. The minimum Gasteiger partial charge on any atom is -0.496 e. The van der Waals surface area contributed by atoms with Crippen LogP contribution in [0.4, 0.5) is 13.2 Å². The quantitative estimate of drug-likeness (QED) is 0.742. The number of pyridine rings is 1. The van der Waals surface area contributed by atoms with Gasteiger partial charge in [0.05, 0.1) is 18.7 Å². The largest absolute Gasteiger partial charge is 0.496 e. The molecule has 0 saturated carbocycles. The molecule has 8 heteroatoms. The monoisotopic (exact) mass is 410 g/mol. The summed E-state index contributed by atoms with van der Waals surface area (Å²) in [5.74, 6) is 0.00685. The number of hydrogen-bond donors (Lipinski definition) is 1. The van der Waals surface area contributed by atoms with E-state index in [0.29, 0.717) is 16.9 Å². The van der Waals surface area contributed by atoms with E-state index in [1.165, 1.54) is 19.4 Å². The van der Waals surface area contributed by atoms with Crippen molar-refractivity contribution in [3.05, 3.63) is 53.2 Å². The Labute approximate surface area is 168 Å². The summed E-state index contributed by atoms with van der Waals surface area (Å²) >= 11 is 0. The lowest BCUT2D eigenvalue weighted by atomic mass is 9.86. The maximum absolute atomic E-state index is 12.7. The molecule has 1 aromatic heterocycles. The second kappa shape index (κ2) is 8.71. The number of carbonyl (C=O) groups is 1. The molecule has 0 aliphatic rings. The molecule has 0 saturated heterocycles. The molecule has 2 rings (SSSR count). The van der Waals surface area contributed by atoms with Crippen LogP contribution in [0.1, 0.15) is 55.2 Å². The van der Waals surface area contributed by atoms with Crippen molar-refractivity contribution in [2.24, 2.45) is 0 Å². The lowest BCUT2D eigenvalue weighted by Crippen LogP contribution is -2.27. The molecular formula is C21H25F3N2O3. The second-order valence-corrected chi connectivity index (χ2v) is 7.69. The number of amides is 1. The number of aromatic nitrogens is 1. The number of benzene rings is 1. The van der Waals surface area contributed by atoms with Crippen molar-refractivity contribution in [2.45, 2.75) is 45.3 Å². The lowest BCUT2D eigenvalue weighted by Gasteiger charge is -2.21. The summed E-state index contributed by atoms with van der Waals surface area (Å²) in [6, 6.07) is 7.92. The number of nitrogens with zero attached hydrogens (tertiary/aromatic N) is 1. The Morgan fingerprint density at radius 2 is 1.86 bits per heavy atom. The lowest BCUT2D eigenvalue weighted by molar-refractivity contribution is -0.154. The Bertz CT molecular complexity index is 844. The minimum atomic E-state index is -4.43. The van der Waals surface area contributed by atoms with E-state index in [9.17, 15) is 18.0 Å². The van der Waals surface area contributed by atoms with Crippen molar-refractivity contribution in [2.75, 3.05) is 13.7 Å². The van der Waals surface area contributed by atoms with E-state index in [0.717, 1.165) is 5.56 Å². The third-order valence-electron chi connectivity index (χ3n) is 4.30. The number of hydrogen-bond acceptors (Lipinski definition) is 4. The molecule has 0 bridgehead atoms. The fraction of sp³-hybridized carbons (Fsp3) is 0.429. The summed E-state index contributed by atoms with van der Waals surface area (Å²) in [5, 5.41) is 2.84. The average molecular weight is 410 g/mol. The van der Waals surface area contributed by atoms with Crippen LogP contribution in [0.2, 0.25) is 0 Å². The van der Waals surface area contributed by atoms with Crippen LogP contribution in [0.5, 0.6) is 11.6 Å². The predicted molar refractivity (Wildman–Crippen MR) is 103 cm³/mol. The number of halogens is 3. The van der Waals surface area contributed by atoms with Gasteiger partial charge in [-0.25, -0.2) is 4.98 Å². The van der Waals surface area contributed by atoms with Crippen molar-refractivity contribution < 1.29 is 27.4 Å². The van der Waals surface area contributed by atoms with Gasteiger partial charge in [-0.1, -0.05) is 32.9 Å². The summed E-state index contributed by atoms with van der Waals surface area (Å²) in [4.78, 5) is 16.5. The summed E-state index contributed by atoms with van der Waals surface area (Å²) < 4.78 is 46.5. The molecular weight excluding hydrogens is 385 g/mol. The van der Waals surface area contributed by atoms with Crippen molar-refractivity contribution in [1.82, 2.24) is 10.3 Å². The van der Waals surface area contributed by atoms with Gasteiger partial charge in [-0.3, -0.25) is 4.79 Å². The molecule has 158 valence electrons. The molecule has 1 atom stereocenters. The third-order valence-corrected chi connectivity index (χ3v) is 4.30. The molecule has 0 radical (unpaired) electrons. The zero-order chi connectivity index (χ0) is 21.8. The van der Waals surface area contributed by atoms with Crippen LogP contribution in [-0.4, -0.2) is 30.8 Å². The molecule has 1 amide bonds. The zero-order valence-electron chi connectivity index (χ0n) is 17.1. The molecule has 0 spiro atoms. The molecule has 2 aromatic rings. The summed E-state index contributed by atoms with van der Waals surface area (Å²) in [5.41, 5.74) is 1.97. The first-order chi connectivity index (χ1) is 13.4. The van der Waals surface area contributed by atoms with Crippen molar-refractivity contribution in [3.8, 4) is 11.6 Å². The maximum Gasteiger partial charge on any atom is 0.422 e. The van der Waals surface area contributed by atoms with E-state index in [1.54, 1.807) is 19.1 Å². The molecule has 1 heterocycles. The molecule has 29 heavy (non-hydrogen) atoms. The fourth-order valence-electron chi connectivity index (χ4n) is 2.59. The van der Waals surface area contributed by atoms with Crippen molar-refractivity contribution in [3.63, 3.8) is 0 Å². The summed E-state index contributed by atoms with van der Waals surface area (Å²) in [6.45, 7) is 6.55. The number of methoxy groups -OCH3 is 1. The van der Waals surface area contributed by atoms with E-state index in [1.807, 2.05) is 12.1 Å². The summed E-state index contributed by atoms with van der Waals surface area (Å²) in [7, 11) is 1.51. The highest BCUT2D eigenvalue weighted by Gasteiger charge is 2.28. The molecule has 1 aromatic carbocycles. The highest BCUT2D eigenvalue weighted by atomic mass is 19.4. The molecule has 0 aliphatic heterocycles. The number of rotatable bonds is 6. The highest BCUT2D eigenvalue weighted by molar-refractivity contribution is 5.97. The predicted octanol–water partition coefficient (Wildman–Crippen LogP) is 4.82. The fourth-order valence-corrected chi connectivity index (χ4v) is 2.59. The van der Waals surface area contributed by atoms with E-state index < -0.39 is 18.8 Å². The van der Waals surface area contributed by atoms with E-state index in [2.05, 4.69) is 35.8 Å². The van der Waals surface area contributed by atoms with E-state index in [-0.39, 0.29) is 17.2 Å². The first kappa shape index (κ1) is 22.5. The van der Waals surface area contributed by atoms with Gasteiger partial charge in [-0.2, -0.15) is 13.2 Å². The maximum atomic E-state index is 12.7. The van der Waals surface area contributed by atoms with Crippen LogP contribution in [0, 0.1) is 0 Å². The summed E-state index contributed by atoms with van der Waals surface area (Å²) in [6.07, 6.45) is -3.06. The highest BCUT2D eigenvalue weighted by Crippen LogP contribution is 2.29. The number of ether oxygens (including phenoxy) is 2. The van der Waals surface area contributed by atoms with Crippen LogP contribution in [-0.2, 0) is 5.41 Å². The van der Waals surface area contributed by atoms with Crippen LogP contribution in [0.25, 0.3) is 0 Å². The van der Waals surface area contributed by atoms with Gasteiger partial charge in [0.15, 0.2) is 6.61 Å². The topological polar surface area (TPSA) is 60.5 Å².